The zero-order valence-corrected chi connectivity index (χ0v) is 23.7. The van der Waals surface area contributed by atoms with Gasteiger partial charge in [0.15, 0.2) is 0 Å². The fourth-order valence-corrected chi connectivity index (χ4v) is 4.79. The summed E-state index contributed by atoms with van der Waals surface area (Å²) < 4.78 is 37.2. The molecule has 0 saturated carbocycles. The molecule has 2 aromatic carbocycles. The van der Waals surface area contributed by atoms with E-state index in [9.17, 15) is 18.0 Å². The lowest BCUT2D eigenvalue weighted by molar-refractivity contribution is -0.140. The largest absolute Gasteiger partial charge is 0.497 e. The summed E-state index contributed by atoms with van der Waals surface area (Å²) in [5, 5.41) is 3.22. The lowest BCUT2D eigenvalue weighted by Gasteiger charge is -2.33. The molecule has 204 valence electrons. The van der Waals surface area contributed by atoms with Gasteiger partial charge in [-0.25, -0.2) is 8.42 Å². The van der Waals surface area contributed by atoms with Gasteiger partial charge in [-0.2, -0.15) is 0 Å². The monoisotopic (exact) mass is 553 g/mol. The Labute approximate surface area is 224 Å². The first-order chi connectivity index (χ1) is 17.4. The summed E-state index contributed by atoms with van der Waals surface area (Å²) in [6.07, 6.45) is 2.06. The molecule has 0 aliphatic heterocycles. The molecule has 0 unspecified atom stereocenters. The van der Waals surface area contributed by atoms with E-state index < -0.39 is 28.5 Å². The predicted octanol–water partition coefficient (Wildman–Crippen LogP) is 3.85. The number of carbonyl (C=O) groups is 2. The van der Waals surface area contributed by atoms with Gasteiger partial charge < -0.3 is 19.7 Å². The number of sulfonamides is 1. The smallest absolute Gasteiger partial charge is 0.244 e. The number of hydrogen-bond acceptors (Lipinski definition) is 6. The van der Waals surface area contributed by atoms with Crippen LogP contribution in [0.25, 0.3) is 0 Å². The van der Waals surface area contributed by atoms with Crippen molar-refractivity contribution in [3.05, 3.63) is 53.1 Å². The number of rotatable bonds is 13. The van der Waals surface area contributed by atoms with Crippen molar-refractivity contribution in [1.82, 2.24) is 10.2 Å². The van der Waals surface area contributed by atoms with Crippen molar-refractivity contribution in [2.75, 3.05) is 31.3 Å². The van der Waals surface area contributed by atoms with E-state index in [0.717, 1.165) is 22.5 Å². The quantitative estimate of drug-likeness (QED) is 0.404. The molecular formula is C26H36ClN3O6S. The van der Waals surface area contributed by atoms with Crippen molar-refractivity contribution in [3.8, 4) is 11.5 Å². The van der Waals surface area contributed by atoms with E-state index in [1.54, 1.807) is 38.3 Å². The van der Waals surface area contributed by atoms with Gasteiger partial charge in [-0.3, -0.25) is 13.9 Å². The van der Waals surface area contributed by atoms with Crippen LogP contribution in [-0.2, 0) is 26.2 Å². The molecular weight excluding hydrogens is 518 g/mol. The zero-order valence-electron chi connectivity index (χ0n) is 22.2. The van der Waals surface area contributed by atoms with Crippen LogP contribution >= 0.6 is 11.6 Å². The molecule has 0 saturated heterocycles. The van der Waals surface area contributed by atoms with Crippen molar-refractivity contribution in [2.24, 2.45) is 0 Å². The van der Waals surface area contributed by atoms with Crippen LogP contribution < -0.4 is 19.1 Å². The molecule has 0 bridgehead atoms. The highest BCUT2D eigenvalue weighted by molar-refractivity contribution is 7.92. The average molecular weight is 554 g/mol. The van der Waals surface area contributed by atoms with E-state index in [1.807, 2.05) is 19.9 Å². The number of nitrogens with zero attached hydrogens (tertiary/aromatic N) is 2. The van der Waals surface area contributed by atoms with Gasteiger partial charge in [-0.1, -0.05) is 37.6 Å². The SMILES string of the molecule is CC[C@@H](C)NC(=O)[C@@H](CC)N(Cc1cccc(OC)c1)C(=O)CN(c1cc(Cl)ccc1OC)S(C)(=O)=O. The molecule has 0 aromatic heterocycles. The summed E-state index contributed by atoms with van der Waals surface area (Å²) in [5.74, 6) is -0.0206. The second kappa shape index (κ2) is 13.5. The van der Waals surface area contributed by atoms with Gasteiger partial charge in [0, 0.05) is 17.6 Å². The number of halogens is 1. The van der Waals surface area contributed by atoms with Crippen molar-refractivity contribution in [3.63, 3.8) is 0 Å². The molecule has 2 aromatic rings. The topological polar surface area (TPSA) is 105 Å². The van der Waals surface area contributed by atoms with Gasteiger partial charge in [0.1, 0.15) is 24.1 Å². The summed E-state index contributed by atoms with van der Waals surface area (Å²) >= 11 is 6.14. The Morgan fingerprint density at radius 3 is 2.32 bits per heavy atom. The molecule has 37 heavy (non-hydrogen) atoms. The van der Waals surface area contributed by atoms with E-state index >= 15 is 0 Å². The van der Waals surface area contributed by atoms with Crippen LogP contribution in [0.5, 0.6) is 11.5 Å². The van der Waals surface area contributed by atoms with Gasteiger partial charge in [0.25, 0.3) is 0 Å². The zero-order chi connectivity index (χ0) is 27.8. The fourth-order valence-electron chi connectivity index (χ4n) is 3.78. The Morgan fingerprint density at radius 2 is 1.76 bits per heavy atom. The van der Waals surface area contributed by atoms with Crippen molar-refractivity contribution in [2.45, 2.75) is 52.2 Å². The molecule has 9 nitrogen and oxygen atoms in total. The second-order valence-electron chi connectivity index (χ2n) is 8.70. The van der Waals surface area contributed by atoms with Crippen molar-refractivity contribution in [1.29, 1.82) is 0 Å². The second-order valence-corrected chi connectivity index (χ2v) is 11.0. The number of ether oxygens (including phenoxy) is 2. The first-order valence-electron chi connectivity index (χ1n) is 12.0. The summed E-state index contributed by atoms with van der Waals surface area (Å²) in [6, 6.07) is 10.8. The highest BCUT2D eigenvalue weighted by atomic mass is 35.5. The maximum atomic E-state index is 13.8. The van der Waals surface area contributed by atoms with E-state index in [-0.39, 0.29) is 35.0 Å². The predicted molar refractivity (Wildman–Crippen MR) is 146 cm³/mol. The van der Waals surface area contributed by atoms with Crippen molar-refractivity contribution < 1.29 is 27.5 Å². The molecule has 0 spiro atoms. The van der Waals surface area contributed by atoms with Crippen LogP contribution in [0.4, 0.5) is 5.69 Å². The Bertz CT molecular complexity index is 1190. The number of anilines is 1. The maximum Gasteiger partial charge on any atom is 0.244 e. The van der Waals surface area contributed by atoms with Crippen LogP contribution in [0.2, 0.25) is 5.02 Å². The lowest BCUT2D eigenvalue weighted by Crippen LogP contribution is -2.53. The minimum absolute atomic E-state index is 0.0761. The normalized spacial score (nSPS) is 12.8. The van der Waals surface area contributed by atoms with Gasteiger partial charge in [0.2, 0.25) is 21.8 Å². The third-order valence-corrected chi connectivity index (χ3v) is 7.32. The minimum Gasteiger partial charge on any atom is -0.497 e. The van der Waals surface area contributed by atoms with E-state index in [2.05, 4.69) is 5.32 Å². The van der Waals surface area contributed by atoms with Crippen LogP contribution in [-0.4, -0.2) is 64.2 Å². The third-order valence-electron chi connectivity index (χ3n) is 5.96. The number of methoxy groups -OCH3 is 2. The molecule has 2 amide bonds. The summed E-state index contributed by atoms with van der Waals surface area (Å²) in [6.45, 7) is 5.17. The number of hydrogen-bond donors (Lipinski definition) is 1. The highest BCUT2D eigenvalue weighted by Crippen LogP contribution is 2.33. The van der Waals surface area contributed by atoms with Crippen molar-refractivity contribution >= 4 is 39.1 Å². The standard InChI is InChI=1S/C26H36ClN3O6S/c1-7-18(3)28-26(32)22(8-2)29(16-19-10-9-11-21(14-19)35-4)25(31)17-30(37(6,33)34)23-15-20(27)12-13-24(23)36-5/h9-15,18,22H,7-8,16-17H2,1-6H3,(H,28,32)/t18-,22-/m1/s1. The number of benzene rings is 2. The first kappa shape index (κ1) is 30.2. The number of amides is 2. The summed E-state index contributed by atoms with van der Waals surface area (Å²) in [5.41, 5.74) is 0.859. The van der Waals surface area contributed by atoms with Crippen LogP contribution in [0, 0.1) is 0 Å². The van der Waals surface area contributed by atoms with Crippen LogP contribution in [0.15, 0.2) is 42.5 Å². The highest BCUT2D eigenvalue weighted by Gasteiger charge is 2.33. The number of nitrogens with one attached hydrogen (secondary N) is 1. The maximum absolute atomic E-state index is 13.8. The molecule has 0 fully saturated rings. The first-order valence-corrected chi connectivity index (χ1v) is 14.2. The Kier molecular flexibility index (Phi) is 11.1. The number of carbonyl (C=O) groups excluding carboxylic acids is 2. The molecule has 1 N–H and O–H groups in total. The molecule has 0 aliphatic rings. The Hall–Kier alpha value is -2.98. The van der Waals surface area contributed by atoms with Gasteiger partial charge in [0.05, 0.1) is 26.2 Å². The average Bonchev–Trinajstić information content (AvgIpc) is 2.86. The molecule has 2 atom stereocenters. The molecule has 11 heteroatoms. The summed E-state index contributed by atoms with van der Waals surface area (Å²) in [7, 11) is -0.989. The van der Waals surface area contributed by atoms with Crippen LogP contribution in [0.1, 0.15) is 39.2 Å². The summed E-state index contributed by atoms with van der Waals surface area (Å²) in [4.78, 5) is 28.4. The third kappa shape index (κ3) is 8.26. The van der Waals surface area contributed by atoms with E-state index in [1.165, 1.54) is 24.1 Å². The van der Waals surface area contributed by atoms with Gasteiger partial charge in [-0.15, -0.1) is 0 Å². The molecule has 0 aliphatic carbocycles. The fraction of sp³-hybridized carbons (Fsp3) is 0.462. The molecule has 2 rings (SSSR count). The van der Waals surface area contributed by atoms with Gasteiger partial charge in [-0.05, 0) is 55.7 Å². The van der Waals surface area contributed by atoms with Crippen LogP contribution in [0.3, 0.4) is 0 Å². The Balaban J connectivity index is 2.53. The molecule has 0 radical (unpaired) electrons. The van der Waals surface area contributed by atoms with Gasteiger partial charge >= 0.3 is 0 Å². The minimum atomic E-state index is -3.93. The Morgan fingerprint density at radius 1 is 1.05 bits per heavy atom. The lowest BCUT2D eigenvalue weighted by atomic mass is 10.1. The van der Waals surface area contributed by atoms with E-state index in [4.69, 9.17) is 21.1 Å². The van der Waals surface area contributed by atoms with E-state index in [0.29, 0.717) is 12.2 Å². The molecule has 0 heterocycles.